The monoisotopic (exact) mass is 346 g/mol. The van der Waals surface area contributed by atoms with E-state index in [1.807, 2.05) is 6.92 Å². The van der Waals surface area contributed by atoms with Crippen LogP contribution in [0.2, 0.25) is 0 Å². The summed E-state index contributed by atoms with van der Waals surface area (Å²) in [7, 11) is 0. The van der Waals surface area contributed by atoms with Gasteiger partial charge in [-0.2, -0.15) is 0 Å². The van der Waals surface area contributed by atoms with Gasteiger partial charge in [-0.3, -0.25) is 0 Å². The molecular weight excluding hydrogens is 324 g/mol. The minimum Gasteiger partial charge on any atom is -0.494 e. The number of hydrogen-bond acceptors (Lipinski definition) is 1. The van der Waals surface area contributed by atoms with Crippen molar-refractivity contribution in [3.63, 3.8) is 0 Å². The topological polar surface area (TPSA) is 9.23 Å². The zero-order chi connectivity index (χ0) is 15.6. The van der Waals surface area contributed by atoms with Gasteiger partial charge in [-0.15, -0.1) is 0 Å². The van der Waals surface area contributed by atoms with Gasteiger partial charge in [0.1, 0.15) is 5.75 Å². The second-order valence-corrected chi connectivity index (χ2v) is 6.56. The minimum absolute atomic E-state index is 0.152. The largest absolute Gasteiger partial charge is 0.494 e. The molecule has 0 heterocycles. The highest BCUT2D eigenvalue weighted by Crippen LogP contribution is 2.40. The van der Waals surface area contributed by atoms with Crippen LogP contribution in [0, 0.1) is 27.7 Å². The van der Waals surface area contributed by atoms with Gasteiger partial charge in [0.25, 0.3) is 0 Å². The molecule has 0 amide bonds. The summed E-state index contributed by atoms with van der Waals surface area (Å²) in [6.07, 6.45) is 0. The molecule has 0 fully saturated rings. The molecule has 21 heavy (non-hydrogen) atoms. The molecule has 0 N–H and O–H groups in total. The molecule has 112 valence electrons. The highest BCUT2D eigenvalue weighted by atomic mass is 79.9. The van der Waals surface area contributed by atoms with Crippen LogP contribution in [0.15, 0.2) is 30.3 Å². The molecular formula is C19H23BrO. The van der Waals surface area contributed by atoms with E-state index in [4.69, 9.17) is 4.74 Å². The van der Waals surface area contributed by atoms with Crippen LogP contribution >= 0.6 is 15.9 Å². The summed E-state index contributed by atoms with van der Waals surface area (Å²) >= 11 is 3.90. The van der Waals surface area contributed by atoms with Crippen molar-refractivity contribution >= 4 is 15.9 Å². The van der Waals surface area contributed by atoms with Crippen molar-refractivity contribution in [2.75, 3.05) is 6.61 Å². The average Bonchev–Trinajstić information content (AvgIpc) is 2.39. The van der Waals surface area contributed by atoms with E-state index in [1.54, 1.807) is 0 Å². The van der Waals surface area contributed by atoms with Crippen LogP contribution in [0.3, 0.4) is 0 Å². The zero-order valence-corrected chi connectivity index (χ0v) is 15.0. The predicted molar refractivity (Wildman–Crippen MR) is 93.8 cm³/mol. The number of halogens is 1. The fourth-order valence-corrected chi connectivity index (χ4v) is 3.98. The molecule has 2 aromatic carbocycles. The SMILES string of the molecule is CCOc1ccc(C)cc1C(Br)c1c(C)cc(C)cc1C. The number of aryl methyl sites for hydroxylation is 4. The Hall–Kier alpha value is -1.28. The fourth-order valence-electron chi connectivity index (χ4n) is 2.90. The lowest BCUT2D eigenvalue weighted by molar-refractivity contribution is 0.337. The third-order valence-corrected chi connectivity index (χ3v) is 4.68. The van der Waals surface area contributed by atoms with Gasteiger partial charge in [-0.25, -0.2) is 0 Å². The Kier molecular flexibility index (Phi) is 5.10. The highest BCUT2D eigenvalue weighted by molar-refractivity contribution is 9.09. The standard InChI is InChI=1S/C19H23BrO/c1-6-21-17-8-7-12(2)11-16(17)19(20)18-14(4)9-13(3)10-15(18)5/h7-11,19H,6H2,1-5H3. The first-order chi connectivity index (χ1) is 9.93. The van der Waals surface area contributed by atoms with Gasteiger partial charge in [-0.1, -0.05) is 51.3 Å². The molecule has 2 heteroatoms. The number of alkyl halides is 1. The third kappa shape index (κ3) is 3.49. The lowest BCUT2D eigenvalue weighted by Gasteiger charge is -2.20. The summed E-state index contributed by atoms with van der Waals surface area (Å²) in [6.45, 7) is 11.3. The highest BCUT2D eigenvalue weighted by Gasteiger charge is 2.19. The number of hydrogen-bond donors (Lipinski definition) is 0. The molecule has 1 nitrogen and oxygen atoms in total. The number of ether oxygens (including phenoxy) is 1. The zero-order valence-electron chi connectivity index (χ0n) is 13.5. The van der Waals surface area contributed by atoms with Gasteiger partial charge >= 0.3 is 0 Å². The van der Waals surface area contributed by atoms with Crippen molar-refractivity contribution < 1.29 is 4.74 Å². The molecule has 1 unspecified atom stereocenters. The Morgan fingerprint density at radius 2 is 1.57 bits per heavy atom. The van der Waals surface area contributed by atoms with Crippen molar-refractivity contribution in [2.24, 2.45) is 0 Å². The van der Waals surface area contributed by atoms with Gasteiger partial charge < -0.3 is 4.74 Å². The van der Waals surface area contributed by atoms with Crippen LogP contribution < -0.4 is 4.74 Å². The van der Waals surface area contributed by atoms with Crippen molar-refractivity contribution in [2.45, 2.75) is 39.4 Å². The molecule has 1 atom stereocenters. The summed E-state index contributed by atoms with van der Waals surface area (Å²) in [4.78, 5) is 0.152. The van der Waals surface area contributed by atoms with E-state index >= 15 is 0 Å². The number of rotatable bonds is 4. The summed E-state index contributed by atoms with van der Waals surface area (Å²) in [5, 5.41) is 0. The molecule has 0 aliphatic rings. The van der Waals surface area contributed by atoms with Crippen LogP contribution in [0.5, 0.6) is 5.75 Å². The van der Waals surface area contributed by atoms with E-state index in [0.717, 1.165) is 5.75 Å². The van der Waals surface area contributed by atoms with Crippen LogP contribution in [-0.4, -0.2) is 6.61 Å². The van der Waals surface area contributed by atoms with Gasteiger partial charge in [0.2, 0.25) is 0 Å². The third-order valence-electron chi connectivity index (χ3n) is 3.73. The quantitative estimate of drug-likeness (QED) is 0.635. The van der Waals surface area contributed by atoms with Gasteiger partial charge in [0.15, 0.2) is 0 Å². The minimum atomic E-state index is 0.152. The molecule has 0 aliphatic carbocycles. The molecule has 0 radical (unpaired) electrons. The molecule has 2 rings (SSSR count). The lowest BCUT2D eigenvalue weighted by Crippen LogP contribution is -2.04. The predicted octanol–water partition coefficient (Wildman–Crippen LogP) is 5.80. The lowest BCUT2D eigenvalue weighted by atomic mass is 9.93. The van der Waals surface area contributed by atoms with E-state index in [2.05, 4.69) is 74.0 Å². The van der Waals surface area contributed by atoms with Gasteiger partial charge in [-0.05, 0) is 57.4 Å². The van der Waals surface area contributed by atoms with Crippen molar-refractivity contribution in [3.05, 3.63) is 63.7 Å². The number of benzene rings is 2. The van der Waals surface area contributed by atoms with Gasteiger partial charge in [0.05, 0.1) is 11.4 Å². The maximum atomic E-state index is 5.81. The van der Waals surface area contributed by atoms with E-state index in [-0.39, 0.29) is 4.83 Å². The van der Waals surface area contributed by atoms with E-state index < -0.39 is 0 Å². The fraction of sp³-hybridized carbons (Fsp3) is 0.368. The van der Waals surface area contributed by atoms with E-state index in [9.17, 15) is 0 Å². The molecule has 0 aliphatic heterocycles. The Balaban J connectivity index is 2.54. The summed E-state index contributed by atoms with van der Waals surface area (Å²) in [5.74, 6) is 0.962. The normalized spacial score (nSPS) is 12.3. The molecule has 0 spiro atoms. The molecule has 0 saturated heterocycles. The van der Waals surface area contributed by atoms with E-state index in [1.165, 1.54) is 33.4 Å². The van der Waals surface area contributed by atoms with Gasteiger partial charge in [0, 0.05) is 5.56 Å². The second-order valence-electron chi connectivity index (χ2n) is 5.65. The summed E-state index contributed by atoms with van der Waals surface area (Å²) in [5.41, 5.74) is 7.73. The van der Waals surface area contributed by atoms with Crippen LogP contribution in [-0.2, 0) is 0 Å². The summed E-state index contributed by atoms with van der Waals surface area (Å²) < 4.78 is 5.81. The van der Waals surface area contributed by atoms with Crippen molar-refractivity contribution in [3.8, 4) is 5.75 Å². The average molecular weight is 347 g/mol. The first kappa shape index (κ1) is 16.1. The molecule has 0 bridgehead atoms. The first-order valence-corrected chi connectivity index (χ1v) is 8.30. The Labute approximate surface area is 136 Å². The van der Waals surface area contributed by atoms with Crippen LogP contribution in [0.25, 0.3) is 0 Å². The maximum absolute atomic E-state index is 5.81. The van der Waals surface area contributed by atoms with Crippen LogP contribution in [0.1, 0.15) is 45.1 Å². The Morgan fingerprint density at radius 3 is 2.14 bits per heavy atom. The summed E-state index contributed by atoms with van der Waals surface area (Å²) in [6, 6.07) is 10.9. The van der Waals surface area contributed by atoms with Crippen LogP contribution in [0.4, 0.5) is 0 Å². The maximum Gasteiger partial charge on any atom is 0.123 e. The molecule has 2 aromatic rings. The van der Waals surface area contributed by atoms with E-state index in [0.29, 0.717) is 6.61 Å². The first-order valence-electron chi connectivity index (χ1n) is 7.39. The second kappa shape index (κ2) is 6.65. The Morgan fingerprint density at radius 1 is 0.952 bits per heavy atom. The Bertz CT molecular complexity index is 623. The van der Waals surface area contributed by atoms with Crippen molar-refractivity contribution in [1.82, 2.24) is 0 Å². The smallest absolute Gasteiger partial charge is 0.123 e. The molecule has 0 aromatic heterocycles. The van der Waals surface area contributed by atoms with Crippen molar-refractivity contribution in [1.29, 1.82) is 0 Å². The molecule has 0 saturated carbocycles.